The van der Waals surface area contributed by atoms with E-state index in [1.807, 2.05) is 6.92 Å². The van der Waals surface area contributed by atoms with Gasteiger partial charge >= 0.3 is 0 Å². The summed E-state index contributed by atoms with van der Waals surface area (Å²) in [6, 6.07) is 9.16. The first-order valence-electron chi connectivity index (χ1n) is 6.53. The zero-order valence-electron chi connectivity index (χ0n) is 11.5. The van der Waals surface area contributed by atoms with Crippen molar-refractivity contribution in [3.8, 4) is 11.5 Å². The lowest BCUT2D eigenvalue weighted by molar-refractivity contribution is 0.440. The Morgan fingerprint density at radius 3 is 2.50 bits per heavy atom. The summed E-state index contributed by atoms with van der Waals surface area (Å²) in [7, 11) is 0. The first-order valence-corrected chi connectivity index (χ1v) is 6.53. The Hall–Kier alpha value is -1.94. The molecule has 0 atom stereocenters. The van der Waals surface area contributed by atoms with Crippen molar-refractivity contribution in [2.24, 2.45) is 0 Å². The maximum atomic E-state index is 13.9. The van der Waals surface area contributed by atoms with Gasteiger partial charge in [-0.3, -0.25) is 0 Å². The second kappa shape index (κ2) is 6.48. The van der Waals surface area contributed by atoms with Gasteiger partial charge in [-0.05, 0) is 54.9 Å². The molecule has 0 bridgehead atoms. The van der Waals surface area contributed by atoms with Crippen molar-refractivity contribution in [3.05, 3.63) is 59.2 Å². The Kier molecular flexibility index (Phi) is 4.69. The predicted octanol–water partition coefficient (Wildman–Crippen LogP) is 4.18. The molecule has 0 heterocycles. The number of rotatable bonds is 5. The average Bonchev–Trinajstić information content (AvgIpc) is 2.43. The van der Waals surface area contributed by atoms with Crippen LogP contribution < -0.4 is 10.1 Å². The molecular weight excluding hydrogens is 260 g/mol. The second-order valence-corrected chi connectivity index (χ2v) is 4.56. The van der Waals surface area contributed by atoms with Crippen LogP contribution in [0.5, 0.6) is 11.5 Å². The SMILES string of the molecule is CCNCc1ccc(Oc2ccc(F)c(C)c2)c(F)c1. The smallest absolute Gasteiger partial charge is 0.166 e. The van der Waals surface area contributed by atoms with E-state index in [1.165, 1.54) is 18.2 Å². The molecule has 4 heteroatoms. The molecule has 0 aliphatic heterocycles. The van der Waals surface area contributed by atoms with Gasteiger partial charge in [0.2, 0.25) is 0 Å². The standard InChI is InChI=1S/C16H17F2NO/c1-3-19-10-12-4-7-16(15(18)9-12)20-13-5-6-14(17)11(2)8-13/h4-9,19H,3,10H2,1-2H3. The molecule has 2 rings (SSSR count). The van der Waals surface area contributed by atoms with E-state index in [4.69, 9.17) is 4.74 Å². The van der Waals surface area contributed by atoms with Gasteiger partial charge in [0.1, 0.15) is 11.6 Å². The summed E-state index contributed by atoms with van der Waals surface area (Å²) in [4.78, 5) is 0. The van der Waals surface area contributed by atoms with Crippen molar-refractivity contribution < 1.29 is 13.5 Å². The van der Waals surface area contributed by atoms with E-state index in [0.29, 0.717) is 17.9 Å². The summed E-state index contributed by atoms with van der Waals surface area (Å²) >= 11 is 0. The van der Waals surface area contributed by atoms with Crippen LogP contribution >= 0.6 is 0 Å². The molecule has 0 saturated carbocycles. The summed E-state index contributed by atoms with van der Waals surface area (Å²) in [6.45, 7) is 5.07. The maximum Gasteiger partial charge on any atom is 0.166 e. The molecule has 0 amide bonds. The van der Waals surface area contributed by atoms with Gasteiger partial charge in [-0.2, -0.15) is 0 Å². The third-order valence-electron chi connectivity index (χ3n) is 2.93. The lowest BCUT2D eigenvalue weighted by Gasteiger charge is -2.09. The molecule has 20 heavy (non-hydrogen) atoms. The van der Waals surface area contributed by atoms with Crippen LogP contribution in [-0.2, 0) is 6.54 Å². The Labute approximate surface area is 117 Å². The zero-order valence-corrected chi connectivity index (χ0v) is 11.5. The van der Waals surface area contributed by atoms with Crippen LogP contribution in [0.1, 0.15) is 18.1 Å². The highest BCUT2D eigenvalue weighted by molar-refractivity contribution is 5.36. The number of aryl methyl sites for hydroxylation is 1. The third kappa shape index (κ3) is 3.54. The molecule has 0 aromatic heterocycles. The van der Waals surface area contributed by atoms with Crippen LogP contribution in [0.15, 0.2) is 36.4 Å². The molecule has 0 spiro atoms. The summed E-state index contributed by atoms with van der Waals surface area (Å²) in [5.74, 6) is -0.181. The van der Waals surface area contributed by atoms with E-state index >= 15 is 0 Å². The highest BCUT2D eigenvalue weighted by Gasteiger charge is 2.07. The van der Waals surface area contributed by atoms with Gasteiger partial charge in [0.05, 0.1) is 0 Å². The van der Waals surface area contributed by atoms with Crippen molar-refractivity contribution >= 4 is 0 Å². The fraction of sp³-hybridized carbons (Fsp3) is 0.250. The normalized spacial score (nSPS) is 10.6. The number of hydrogen-bond acceptors (Lipinski definition) is 2. The molecule has 0 aliphatic carbocycles. The minimum absolute atomic E-state index is 0.135. The molecule has 0 aliphatic rings. The van der Waals surface area contributed by atoms with Gasteiger partial charge in [-0.25, -0.2) is 8.78 Å². The quantitative estimate of drug-likeness (QED) is 0.885. The molecule has 2 nitrogen and oxygen atoms in total. The molecule has 106 valence electrons. The zero-order chi connectivity index (χ0) is 14.5. The van der Waals surface area contributed by atoms with Crippen LogP contribution in [0.25, 0.3) is 0 Å². The van der Waals surface area contributed by atoms with Crippen molar-refractivity contribution in [1.82, 2.24) is 5.32 Å². The van der Waals surface area contributed by atoms with Crippen molar-refractivity contribution in [2.45, 2.75) is 20.4 Å². The first-order chi connectivity index (χ1) is 9.60. The third-order valence-corrected chi connectivity index (χ3v) is 2.93. The van der Waals surface area contributed by atoms with E-state index in [2.05, 4.69) is 5.32 Å². The van der Waals surface area contributed by atoms with Crippen LogP contribution in [0.2, 0.25) is 0 Å². The van der Waals surface area contributed by atoms with Gasteiger partial charge in [-0.15, -0.1) is 0 Å². The van der Waals surface area contributed by atoms with Gasteiger partial charge in [-0.1, -0.05) is 13.0 Å². The minimum Gasteiger partial charge on any atom is -0.454 e. The fourth-order valence-electron chi connectivity index (χ4n) is 1.81. The monoisotopic (exact) mass is 277 g/mol. The Morgan fingerprint density at radius 2 is 1.85 bits per heavy atom. The van der Waals surface area contributed by atoms with Gasteiger partial charge < -0.3 is 10.1 Å². The van der Waals surface area contributed by atoms with Crippen LogP contribution in [-0.4, -0.2) is 6.54 Å². The molecule has 1 N–H and O–H groups in total. The van der Waals surface area contributed by atoms with E-state index in [9.17, 15) is 8.78 Å². The molecule has 0 fully saturated rings. The molecule has 2 aromatic rings. The highest BCUT2D eigenvalue weighted by Crippen LogP contribution is 2.26. The lowest BCUT2D eigenvalue weighted by atomic mass is 10.2. The predicted molar refractivity (Wildman–Crippen MR) is 75.0 cm³/mol. The highest BCUT2D eigenvalue weighted by atomic mass is 19.1. The number of hydrogen-bond donors (Lipinski definition) is 1. The lowest BCUT2D eigenvalue weighted by Crippen LogP contribution is -2.11. The van der Waals surface area contributed by atoms with Crippen molar-refractivity contribution in [2.75, 3.05) is 6.54 Å². The molecule has 0 unspecified atom stereocenters. The molecule has 0 saturated heterocycles. The number of benzene rings is 2. The summed E-state index contributed by atoms with van der Waals surface area (Å²) in [5, 5.41) is 3.13. The number of halogens is 2. The van der Waals surface area contributed by atoms with E-state index in [-0.39, 0.29) is 11.6 Å². The van der Waals surface area contributed by atoms with E-state index < -0.39 is 5.82 Å². The van der Waals surface area contributed by atoms with E-state index in [1.54, 1.807) is 25.1 Å². The van der Waals surface area contributed by atoms with Crippen LogP contribution in [0, 0.1) is 18.6 Å². The van der Waals surface area contributed by atoms with Crippen molar-refractivity contribution in [1.29, 1.82) is 0 Å². The number of nitrogens with one attached hydrogen (secondary N) is 1. The Balaban J connectivity index is 2.14. The Morgan fingerprint density at radius 1 is 1.05 bits per heavy atom. The summed E-state index contributed by atoms with van der Waals surface area (Å²) in [6.07, 6.45) is 0. The Bertz CT molecular complexity index is 599. The van der Waals surface area contributed by atoms with Crippen LogP contribution in [0.4, 0.5) is 8.78 Å². The molecular formula is C16H17F2NO. The fourth-order valence-corrected chi connectivity index (χ4v) is 1.81. The van der Waals surface area contributed by atoms with Crippen LogP contribution in [0.3, 0.4) is 0 Å². The average molecular weight is 277 g/mol. The summed E-state index contributed by atoms with van der Waals surface area (Å²) in [5.41, 5.74) is 1.32. The van der Waals surface area contributed by atoms with Crippen molar-refractivity contribution in [3.63, 3.8) is 0 Å². The summed E-state index contributed by atoms with van der Waals surface area (Å²) < 4.78 is 32.5. The van der Waals surface area contributed by atoms with Gasteiger partial charge in [0.15, 0.2) is 11.6 Å². The maximum absolute atomic E-state index is 13.9. The van der Waals surface area contributed by atoms with Gasteiger partial charge in [0, 0.05) is 6.54 Å². The molecule has 0 radical (unpaired) electrons. The molecule has 2 aromatic carbocycles. The second-order valence-electron chi connectivity index (χ2n) is 4.56. The minimum atomic E-state index is -0.428. The topological polar surface area (TPSA) is 21.3 Å². The van der Waals surface area contributed by atoms with Gasteiger partial charge in [0.25, 0.3) is 0 Å². The van der Waals surface area contributed by atoms with E-state index in [0.717, 1.165) is 12.1 Å². The number of ether oxygens (including phenoxy) is 1. The largest absolute Gasteiger partial charge is 0.454 e. The first kappa shape index (κ1) is 14.5.